The van der Waals surface area contributed by atoms with E-state index in [4.69, 9.17) is 19.9 Å². The van der Waals surface area contributed by atoms with Crippen molar-refractivity contribution in [1.82, 2.24) is 24.5 Å². The lowest BCUT2D eigenvalue weighted by atomic mass is 9.91. The first-order valence-electron chi connectivity index (χ1n) is 18.5. The van der Waals surface area contributed by atoms with Crippen molar-refractivity contribution in [2.24, 2.45) is 0 Å². The van der Waals surface area contributed by atoms with E-state index in [9.17, 15) is 0 Å². The average Bonchev–Trinajstić information content (AvgIpc) is 3.61. The number of pyridine rings is 1. The molecule has 0 radical (unpaired) electrons. The summed E-state index contributed by atoms with van der Waals surface area (Å²) in [5.41, 5.74) is 9.22. The van der Waals surface area contributed by atoms with Gasteiger partial charge in [0.15, 0.2) is 17.5 Å². The number of nitrogens with zero attached hydrogens (tertiary/aromatic N) is 5. The molecule has 5 heteroatoms. The van der Waals surface area contributed by atoms with Crippen LogP contribution in [0.4, 0.5) is 0 Å². The summed E-state index contributed by atoms with van der Waals surface area (Å²) >= 11 is 0. The molecule has 0 saturated heterocycles. The van der Waals surface area contributed by atoms with Gasteiger partial charge in [0.2, 0.25) is 0 Å². The van der Waals surface area contributed by atoms with Gasteiger partial charge in [-0.3, -0.25) is 4.98 Å². The molecule has 0 N–H and O–H groups in total. The third kappa shape index (κ3) is 5.02. The van der Waals surface area contributed by atoms with E-state index in [0.717, 1.165) is 77.0 Å². The van der Waals surface area contributed by atoms with Gasteiger partial charge >= 0.3 is 0 Å². The molecule has 0 amide bonds. The first-order valence-corrected chi connectivity index (χ1v) is 18.5. The van der Waals surface area contributed by atoms with E-state index in [1.807, 2.05) is 30.5 Å². The first-order chi connectivity index (χ1) is 27.3. The molecule has 3 aromatic heterocycles. The molecule has 8 aromatic carbocycles. The largest absolute Gasteiger partial charge is 0.309 e. The van der Waals surface area contributed by atoms with Gasteiger partial charge < -0.3 is 4.57 Å². The second-order valence-corrected chi connectivity index (χ2v) is 13.8. The topological polar surface area (TPSA) is 56.5 Å². The summed E-state index contributed by atoms with van der Waals surface area (Å²) in [6.07, 6.45) is 1.89. The molecule has 0 aliphatic heterocycles. The maximum atomic E-state index is 5.36. The van der Waals surface area contributed by atoms with Gasteiger partial charge in [-0.05, 0) is 63.7 Å². The van der Waals surface area contributed by atoms with Gasteiger partial charge in [-0.25, -0.2) is 15.0 Å². The molecule has 0 spiro atoms. The predicted molar refractivity (Wildman–Crippen MR) is 226 cm³/mol. The van der Waals surface area contributed by atoms with Gasteiger partial charge in [0, 0.05) is 50.1 Å². The standard InChI is InChI=1S/C50H31N5/c1-3-16-33(17-4-1)48-52-49(54-50(53-48)41-24-13-27-44-46(41)40-23-11-12-26-43(40)55(44)35-18-5-2-6-19-35)39-22-10-9-21-37(39)42-31-34-29-28-32-15-7-8-20-36(32)45(34)47-38(42)25-14-30-51-47/h1-31H. The zero-order valence-corrected chi connectivity index (χ0v) is 29.6. The fourth-order valence-electron chi connectivity index (χ4n) is 8.26. The van der Waals surface area contributed by atoms with Crippen LogP contribution < -0.4 is 0 Å². The SMILES string of the molecule is c1ccc(-c2nc(-c3ccccc3-c3cc4ccc5ccccc5c4c4ncccc34)nc(-c3cccc4c3c3ccccc3n4-c3ccccc3)n2)cc1. The molecule has 0 bridgehead atoms. The molecule has 55 heavy (non-hydrogen) atoms. The van der Waals surface area contributed by atoms with Crippen LogP contribution in [0.5, 0.6) is 0 Å². The lowest BCUT2D eigenvalue weighted by molar-refractivity contribution is 1.08. The molecular formula is C50H31N5. The van der Waals surface area contributed by atoms with Crippen molar-refractivity contribution in [3.8, 4) is 51.0 Å². The van der Waals surface area contributed by atoms with Crippen molar-refractivity contribution in [3.63, 3.8) is 0 Å². The quantitative estimate of drug-likeness (QED) is 0.168. The Morgan fingerprint density at radius 1 is 0.364 bits per heavy atom. The van der Waals surface area contributed by atoms with Crippen LogP contribution in [0.3, 0.4) is 0 Å². The predicted octanol–water partition coefficient (Wildman–Crippen LogP) is 12.5. The number of para-hydroxylation sites is 2. The summed E-state index contributed by atoms with van der Waals surface area (Å²) in [5.74, 6) is 1.85. The third-order valence-corrected chi connectivity index (χ3v) is 10.7. The number of aromatic nitrogens is 5. The molecule has 11 aromatic rings. The number of fused-ring (bicyclic) bond motifs is 8. The van der Waals surface area contributed by atoms with E-state index < -0.39 is 0 Å². The monoisotopic (exact) mass is 701 g/mol. The fourth-order valence-corrected chi connectivity index (χ4v) is 8.26. The highest BCUT2D eigenvalue weighted by Crippen LogP contribution is 2.42. The first kappa shape index (κ1) is 31.1. The summed E-state index contributed by atoms with van der Waals surface area (Å²) < 4.78 is 2.33. The molecule has 0 saturated carbocycles. The molecule has 0 aliphatic carbocycles. The Balaban J connectivity index is 1.18. The molecule has 0 unspecified atom stereocenters. The highest BCUT2D eigenvalue weighted by Gasteiger charge is 2.21. The van der Waals surface area contributed by atoms with E-state index in [1.165, 1.54) is 10.8 Å². The minimum absolute atomic E-state index is 0.610. The van der Waals surface area contributed by atoms with Crippen molar-refractivity contribution in [1.29, 1.82) is 0 Å². The minimum Gasteiger partial charge on any atom is -0.309 e. The van der Waals surface area contributed by atoms with Crippen LogP contribution in [0.1, 0.15) is 0 Å². The van der Waals surface area contributed by atoms with Crippen molar-refractivity contribution in [3.05, 3.63) is 188 Å². The molecule has 256 valence electrons. The molecule has 3 heterocycles. The zero-order chi connectivity index (χ0) is 36.3. The van der Waals surface area contributed by atoms with Crippen LogP contribution >= 0.6 is 0 Å². The van der Waals surface area contributed by atoms with Gasteiger partial charge in [0.25, 0.3) is 0 Å². The molecular weight excluding hydrogens is 671 g/mol. The Kier molecular flexibility index (Phi) is 7.10. The fraction of sp³-hybridized carbons (Fsp3) is 0. The minimum atomic E-state index is 0.610. The van der Waals surface area contributed by atoms with Crippen molar-refractivity contribution in [2.45, 2.75) is 0 Å². The van der Waals surface area contributed by atoms with E-state index >= 15 is 0 Å². The Morgan fingerprint density at radius 3 is 1.84 bits per heavy atom. The molecule has 0 atom stereocenters. The normalized spacial score (nSPS) is 11.6. The van der Waals surface area contributed by atoms with E-state index in [1.54, 1.807) is 0 Å². The van der Waals surface area contributed by atoms with Crippen molar-refractivity contribution in [2.75, 3.05) is 0 Å². The number of hydrogen-bond acceptors (Lipinski definition) is 4. The Labute approximate surface area is 316 Å². The van der Waals surface area contributed by atoms with Gasteiger partial charge in [0.05, 0.1) is 16.6 Å². The number of hydrogen-bond donors (Lipinski definition) is 0. The second-order valence-electron chi connectivity index (χ2n) is 13.8. The van der Waals surface area contributed by atoms with E-state index in [2.05, 4.69) is 162 Å². The van der Waals surface area contributed by atoms with Crippen LogP contribution in [0.25, 0.3) is 105 Å². The van der Waals surface area contributed by atoms with Gasteiger partial charge in [-0.15, -0.1) is 0 Å². The van der Waals surface area contributed by atoms with Crippen LogP contribution in [0.2, 0.25) is 0 Å². The molecule has 0 aliphatic rings. The third-order valence-electron chi connectivity index (χ3n) is 10.7. The lowest BCUT2D eigenvalue weighted by Gasteiger charge is -2.16. The molecule has 11 rings (SSSR count). The van der Waals surface area contributed by atoms with Gasteiger partial charge in [-0.2, -0.15) is 0 Å². The smallest absolute Gasteiger partial charge is 0.164 e. The summed E-state index contributed by atoms with van der Waals surface area (Å²) in [6.45, 7) is 0. The Morgan fingerprint density at radius 2 is 0.982 bits per heavy atom. The molecule has 5 nitrogen and oxygen atoms in total. The van der Waals surface area contributed by atoms with Crippen LogP contribution in [-0.2, 0) is 0 Å². The number of rotatable bonds is 5. The van der Waals surface area contributed by atoms with Gasteiger partial charge in [-0.1, -0.05) is 146 Å². The average molecular weight is 702 g/mol. The highest BCUT2D eigenvalue weighted by molar-refractivity contribution is 6.22. The Bertz CT molecular complexity index is 3260. The van der Waals surface area contributed by atoms with Crippen molar-refractivity contribution < 1.29 is 0 Å². The summed E-state index contributed by atoms with van der Waals surface area (Å²) in [5, 5.41) is 8.01. The summed E-state index contributed by atoms with van der Waals surface area (Å²) in [7, 11) is 0. The van der Waals surface area contributed by atoms with Crippen LogP contribution in [0, 0.1) is 0 Å². The Hall–Kier alpha value is -7.50. The van der Waals surface area contributed by atoms with Crippen LogP contribution in [-0.4, -0.2) is 24.5 Å². The van der Waals surface area contributed by atoms with Gasteiger partial charge in [0.1, 0.15) is 0 Å². The molecule has 0 fully saturated rings. The highest BCUT2D eigenvalue weighted by atomic mass is 15.0. The van der Waals surface area contributed by atoms with Crippen LogP contribution in [0.15, 0.2) is 188 Å². The summed E-state index contributed by atoms with van der Waals surface area (Å²) in [4.78, 5) is 20.8. The van der Waals surface area contributed by atoms with E-state index in [-0.39, 0.29) is 0 Å². The number of benzene rings is 8. The maximum absolute atomic E-state index is 5.36. The maximum Gasteiger partial charge on any atom is 0.164 e. The lowest BCUT2D eigenvalue weighted by Crippen LogP contribution is -2.01. The zero-order valence-electron chi connectivity index (χ0n) is 29.6. The summed E-state index contributed by atoms with van der Waals surface area (Å²) in [6, 6.07) is 63.6. The second kappa shape index (κ2) is 12.6. The van der Waals surface area contributed by atoms with E-state index in [0.29, 0.717) is 17.5 Å². The van der Waals surface area contributed by atoms with Crippen molar-refractivity contribution >= 4 is 54.3 Å².